The molecule has 2 aromatic carbocycles. The summed E-state index contributed by atoms with van der Waals surface area (Å²) in [7, 11) is 0. The van der Waals surface area contributed by atoms with E-state index in [2.05, 4.69) is 20.8 Å². The van der Waals surface area contributed by atoms with E-state index in [0.29, 0.717) is 24.5 Å². The van der Waals surface area contributed by atoms with Crippen LogP contribution in [0.25, 0.3) is 10.8 Å². The van der Waals surface area contributed by atoms with E-state index in [4.69, 9.17) is 0 Å². The van der Waals surface area contributed by atoms with Crippen LogP contribution in [0.15, 0.2) is 54.6 Å². The molecule has 5 nitrogen and oxygen atoms in total. The second-order valence-corrected chi connectivity index (χ2v) is 5.30. The van der Waals surface area contributed by atoms with Gasteiger partial charge in [0.05, 0.1) is 5.69 Å². The SMILES string of the molecule is Cc1ccc(NCCNC(=O)c2ccc3ccccc3c2)nn1. The van der Waals surface area contributed by atoms with Crippen LogP contribution in [0.3, 0.4) is 0 Å². The molecule has 5 heteroatoms. The second kappa shape index (κ2) is 6.87. The number of nitrogens with zero attached hydrogens (tertiary/aromatic N) is 2. The molecule has 3 aromatic rings. The normalized spacial score (nSPS) is 10.5. The Balaban J connectivity index is 1.53. The Hall–Kier alpha value is -2.95. The summed E-state index contributed by atoms with van der Waals surface area (Å²) in [4.78, 5) is 12.2. The number of carbonyl (C=O) groups excluding carboxylic acids is 1. The van der Waals surface area contributed by atoms with Gasteiger partial charge in [0.1, 0.15) is 5.82 Å². The molecule has 0 spiro atoms. The summed E-state index contributed by atoms with van der Waals surface area (Å²) in [5, 5.41) is 16.2. The van der Waals surface area contributed by atoms with Crippen LogP contribution >= 0.6 is 0 Å². The fourth-order valence-electron chi connectivity index (χ4n) is 2.29. The van der Waals surface area contributed by atoms with Crippen LogP contribution in [0.1, 0.15) is 16.1 Å². The maximum absolute atomic E-state index is 12.2. The van der Waals surface area contributed by atoms with Gasteiger partial charge in [0.2, 0.25) is 0 Å². The lowest BCUT2D eigenvalue weighted by Crippen LogP contribution is -2.28. The third-order valence-corrected chi connectivity index (χ3v) is 3.53. The van der Waals surface area contributed by atoms with Crippen molar-refractivity contribution in [3.63, 3.8) is 0 Å². The van der Waals surface area contributed by atoms with Crippen molar-refractivity contribution < 1.29 is 4.79 Å². The van der Waals surface area contributed by atoms with Gasteiger partial charge < -0.3 is 10.6 Å². The number of aromatic nitrogens is 2. The predicted octanol–water partition coefficient (Wildman–Crippen LogP) is 2.78. The van der Waals surface area contributed by atoms with Crippen LogP contribution in [0.2, 0.25) is 0 Å². The largest absolute Gasteiger partial charge is 0.367 e. The Morgan fingerprint density at radius 2 is 1.78 bits per heavy atom. The highest BCUT2D eigenvalue weighted by atomic mass is 16.1. The van der Waals surface area contributed by atoms with Crippen molar-refractivity contribution in [3.05, 3.63) is 65.9 Å². The third kappa shape index (κ3) is 3.83. The van der Waals surface area contributed by atoms with Crippen LogP contribution in [0, 0.1) is 6.92 Å². The molecule has 1 aromatic heterocycles. The third-order valence-electron chi connectivity index (χ3n) is 3.53. The zero-order valence-corrected chi connectivity index (χ0v) is 12.9. The summed E-state index contributed by atoms with van der Waals surface area (Å²) in [6.07, 6.45) is 0. The van der Waals surface area contributed by atoms with E-state index in [9.17, 15) is 4.79 Å². The number of aryl methyl sites for hydroxylation is 1. The first-order valence-corrected chi connectivity index (χ1v) is 7.53. The number of amides is 1. The zero-order valence-electron chi connectivity index (χ0n) is 12.9. The molecule has 1 amide bonds. The van der Waals surface area contributed by atoms with Crippen LogP contribution in [-0.4, -0.2) is 29.2 Å². The summed E-state index contributed by atoms with van der Waals surface area (Å²) in [6, 6.07) is 17.5. The maximum atomic E-state index is 12.2. The summed E-state index contributed by atoms with van der Waals surface area (Å²) >= 11 is 0. The first-order valence-electron chi connectivity index (χ1n) is 7.53. The van der Waals surface area contributed by atoms with Crippen molar-refractivity contribution in [2.45, 2.75) is 6.92 Å². The average molecular weight is 306 g/mol. The molecular formula is C18H18N4O. The minimum atomic E-state index is -0.0763. The van der Waals surface area contributed by atoms with Gasteiger partial charge >= 0.3 is 0 Å². The van der Waals surface area contributed by atoms with Crippen molar-refractivity contribution in [1.29, 1.82) is 0 Å². The molecule has 23 heavy (non-hydrogen) atoms. The van der Waals surface area contributed by atoms with Gasteiger partial charge in [-0.2, -0.15) is 5.10 Å². The molecule has 1 heterocycles. The Bertz CT molecular complexity index is 815. The van der Waals surface area contributed by atoms with Crippen molar-refractivity contribution in [2.24, 2.45) is 0 Å². The van der Waals surface area contributed by atoms with Crippen molar-refractivity contribution in [1.82, 2.24) is 15.5 Å². The molecule has 0 saturated carbocycles. The van der Waals surface area contributed by atoms with Gasteiger partial charge in [-0.05, 0) is 42.0 Å². The van der Waals surface area contributed by atoms with Crippen LogP contribution in [0.4, 0.5) is 5.82 Å². The van der Waals surface area contributed by atoms with E-state index in [1.807, 2.05) is 61.5 Å². The molecule has 0 fully saturated rings. The van der Waals surface area contributed by atoms with Gasteiger partial charge in [0.25, 0.3) is 5.91 Å². The van der Waals surface area contributed by atoms with E-state index in [1.165, 1.54) is 0 Å². The van der Waals surface area contributed by atoms with Gasteiger partial charge in [-0.3, -0.25) is 4.79 Å². The van der Waals surface area contributed by atoms with Gasteiger partial charge in [0.15, 0.2) is 0 Å². The van der Waals surface area contributed by atoms with E-state index in [1.54, 1.807) is 0 Å². The fraction of sp³-hybridized carbons (Fsp3) is 0.167. The van der Waals surface area contributed by atoms with Gasteiger partial charge in [-0.1, -0.05) is 30.3 Å². The van der Waals surface area contributed by atoms with Gasteiger partial charge in [-0.25, -0.2) is 0 Å². The molecule has 0 atom stereocenters. The van der Waals surface area contributed by atoms with E-state index < -0.39 is 0 Å². The average Bonchev–Trinajstić information content (AvgIpc) is 2.59. The van der Waals surface area contributed by atoms with Crippen LogP contribution < -0.4 is 10.6 Å². The first kappa shape index (κ1) is 15.0. The Kier molecular flexibility index (Phi) is 4.47. The lowest BCUT2D eigenvalue weighted by molar-refractivity contribution is 0.0955. The number of anilines is 1. The maximum Gasteiger partial charge on any atom is 0.251 e. The summed E-state index contributed by atoms with van der Waals surface area (Å²) < 4.78 is 0. The Morgan fingerprint density at radius 1 is 0.957 bits per heavy atom. The standard InChI is InChI=1S/C18H18N4O/c1-13-6-9-17(22-21-13)19-10-11-20-18(23)16-8-7-14-4-2-3-5-15(14)12-16/h2-9,12H,10-11H2,1H3,(H,19,22)(H,20,23). The molecule has 0 unspecified atom stereocenters. The lowest BCUT2D eigenvalue weighted by atomic mass is 10.1. The lowest BCUT2D eigenvalue weighted by Gasteiger charge is -2.08. The van der Waals surface area contributed by atoms with E-state index in [-0.39, 0.29) is 5.91 Å². The number of carbonyl (C=O) groups is 1. The number of nitrogens with one attached hydrogen (secondary N) is 2. The van der Waals surface area contributed by atoms with Gasteiger partial charge in [0, 0.05) is 18.7 Å². The van der Waals surface area contributed by atoms with Crippen molar-refractivity contribution in [2.75, 3.05) is 18.4 Å². The quantitative estimate of drug-likeness (QED) is 0.711. The Morgan fingerprint density at radius 3 is 2.57 bits per heavy atom. The molecule has 0 radical (unpaired) electrons. The molecule has 0 aliphatic rings. The summed E-state index contributed by atoms with van der Waals surface area (Å²) in [5.74, 6) is 0.628. The highest BCUT2D eigenvalue weighted by Crippen LogP contribution is 2.15. The molecule has 3 rings (SSSR count). The molecule has 0 aliphatic heterocycles. The molecule has 0 bridgehead atoms. The highest BCUT2D eigenvalue weighted by Gasteiger charge is 2.05. The predicted molar refractivity (Wildman–Crippen MR) is 91.5 cm³/mol. The number of hydrogen-bond acceptors (Lipinski definition) is 4. The number of hydrogen-bond donors (Lipinski definition) is 2. The van der Waals surface area contributed by atoms with Crippen molar-refractivity contribution >= 4 is 22.5 Å². The first-order chi connectivity index (χ1) is 11.2. The van der Waals surface area contributed by atoms with Crippen molar-refractivity contribution in [3.8, 4) is 0 Å². The van der Waals surface area contributed by atoms with E-state index >= 15 is 0 Å². The smallest absolute Gasteiger partial charge is 0.251 e. The molecular weight excluding hydrogens is 288 g/mol. The number of fused-ring (bicyclic) bond motifs is 1. The Labute approximate surface area is 134 Å². The molecule has 116 valence electrons. The van der Waals surface area contributed by atoms with Crippen LogP contribution in [-0.2, 0) is 0 Å². The summed E-state index contributed by atoms with van der Waals surface area (Å²) in [6.45, 7) is 3.00. The van der Waals surface area contributed by atoms with E-state index in [0.717, 1.165) is 16.5 Å². The topological polar surface area (TPSA) is 66.9 Å². The molecule has 0 saturated heterocycles. The minimum Gasteiger partial charge on any atom is -0.367 e. The number of benzene rings is 2. The van der Waals surface area contributed by atoms with Crippen LogP contribution in [0.5, 0.6) is 0 Å². The minimum absolute atomic E-state index is 0.0763. The van der Waals surface area contributed by atoms with Gasteiger partial charge in [-0.15, -0.1) is 5.10 Å². The zero-order chi connectivity index (χ0) is 16.1. The fourth-order valence-corrected chi connectivity index (χ4v) is 2.29. The highest BCUT2D eigenvalue weighted by molar-refractivity contribution is 5.98. The molecule has 0 aliphatic carbocycles. The monoisotopic (exact) mass is 306 g/mol. The second-order valence-electron chi connectivity index (χ2n) is 5.30. The number of rotatable bonds is 5. The molecule has 2 N–H and O–H groups in total. The summed E-state index contributed by atoms with van der Waals surface area (Å²) in [5.41, 5.74) is 1.54.